The number of benzene rings is 1. The van der Waals surface area contributed by atoms with Gasteiger partial charge in [-0.25, -0.2) is 0 Å². The average Bonchev–Trinajstić information content (AvgIpc) is 3.00. The number of carbonyl (C=O) groups is 1. The zero-order chi connectivity index (χ0) is 16.8. The van der Waals surface area contributed by atoms with E-state index in [1.807, 2.05) is 31.2 Å². The van der Waals surface area contributed by atoms with Crippen molar-refractivity contribution in [2.75, 3.05) is 0 Å². The number of aryl methyl sites for hydroxylation is 1. The predicted molar refractivity (Wildman–Crippen MR) is 90.7 cm³/mol. The second-order valence-corrected chi connectivity index (χ2v) is 6.40. The summed E-state index contributed by atoms with van der Waals surface area (Å²) < 4.78 is 11.0. The first-order valence-electron chi connectivity index (χ1n) is 8.63. The lowest BCUT2D eigenvalue weighted by Gasteiger charge is -2.23. The number of nitrogens with one attached hydrogen (secondary N) is 1. The fourth-order valence-corrected chi connectivity index (χ4v) is 2.99. The van der Waals surface area contributed by atoms with E-state index < -0.39 is 0 Å². The minimum atomic E-state index is -0.0640. The van der Waals surface area contributed by atoms with E-state index in [4.69, 9.17) is 9.26 Å². The second-order valence-electron chi connectivity index (χ2n) is 6.40. The van der Waals surface area contributed by atoms with E-state index >= 15 is 0 Å². The molecule has 1 saturated carbocycles. The molecule has 1 amide bonds. The highest BCUT2D eigenvalue weighted by Crippen LogP contribution is 2.23. The van der Waals surface area contributed by atoms with Gasteiger partial charge in [-0.3, -0.25) is 4.79 Å². The number of aromatic nitrogens is 1. The van der Waals surface area contributed by atoms with Crippen molar-refractivity contribution in [2.24, 2.45) is 0 Å². The number of hydrogen-bond donors (Lipinski definition) is 1. The predicted octanol–water partition coefficient (Wildman–Crippen LogP) is 3.55. The molecule has 0 saturated heterocycles. The van der Waals surface area contributed by atoms with Gasteiger partial charge in [-0.15, -0.1) is 0 Å². The normalized spacial score (nSPS) is 15.2. The minimum absolute atomic E-state index is 0.0640. The number of carbonyl (C=O) groups excluding carboxylic acids is 1. The van der Waals surface area contributed by atoms with Crippen LogP contribution in [0.15, 0.2) is 34.9 Å². The summed E-state index contributed by atoms with van der Waals surface area (Å²) in [5.74, 6) is 1.56. The molecule has 0 atom stereocenters. The Bertz CT molecular complexity index is 658. The maximum atomic E-state index is 11.9. The zero-order valence-electron chi connectivity index (χ0n) is 14.1. The Morgan fingerprint density at radius 1 is 1.25 bits per heavy atom. The van der Waals surface area contributed by atoms with Crippen molar-refractivity contribution < 1.29 is 14.1 Å². The SMILES string of the molecule is Cc1cc(CC(=O)NCc2ccc(OC3CCCCC3)cc2)no1. The minimum Gasteiger partial charge on any atom is -0.490 e. The largest absolute Gasteiger partial charge is 0.490 e. The molecule has 1 fully saturated rings. The van der Waals surface area contributed by atoms with Crippen LogP contribution in [0.3, 0.4) is 0 Å². The van der Waals surface area contributed by atoms with Crippen LogP contribution in [0.25, 0.3) is 0 Å². The first-order chi connectivity index (χ1) is 11.7. The second kappa shape index (κ2) is 7.99. The summed E-state index contributed by atoms with van der Waals surface area (Å²) in [6, 6.07) is 9.74. The zero-order valence-corrected chi connectivity index (χ0v) is 14.1. The summed E-state index contributed by atoms with van der Waals surface area (Å²) in [4.78, 5) is 11.9. The summed E-state index contributed by atoms with van der Waals surface area (Å²) in [7, 11) is 0. The number of ether oxygens (including phenoxy) is 1. The van der Waals surface area contributed by atoms with E-state index in [0.717, 1.165) is 24.2 Å². The van der Waals surface area contributed by atoms with Crippen LogP contribution in [0.5, 0.6) is 5.75 Å². The highest BCUT2D eigenvalue weighted by Gasteiger charge is 2.14. The summed E-state index contributed by atoms with van der Waals surface area (Å²) in [5, 5.41) is 6.72. The number of amides is 1. The van der Waals surface area contributed by atoms with Gasteiger partial charge < -0.3 is 14.6 Å². The van der Waals surface area contributed by atoms with Gasteiger partial charge in [0.05, 0.1) is 18.2 Å². The summed E-state index contributed by atoms with van der Waals surface area (Å²) in [6.45, 7) is 2.31. The molecule has 0 aliphatic heterocycles. The molecule has 24 heavy (non-hydrogen) atoms. The van der Waals surface area contributed by atoms with Crippen molar-refractivity contribution in [3.63, 3.8) is 0 Å². The molecule has 2 aromatic rings. The van der Waals surface area contributed by atoms with Gasteiger partial charge in [-0.05, 0) is 50.3 Å². The maximum absolute atomic E-state index is 11.9. The third-order valence-electron chi connectivity index (χ3n) is 4.29. The summed E-state index contributed by atoms with van der Waals surface area (Å²) in [6.07, 6.45) is 6.75. The molecule has 0 unspecified atom stereocenters. The molecule has 0 radical (unpaired) electrons. The molecule has 0 spiro atoms. The molecule has 1 N–H and O–H groups in total. The van der Waals surface area contributed by atoms with E-state index in [2.05, 4.69) is 10.5 Å². The van der Waals surface area contributed by atoms with E-state index in [1.165, 1.54) is 19.3 Å². The molecule has 0 bridgehead atoms. The third kappa shape index (κ3) is 4.85. The van der Waals surface area contributed by atoms with Crippen molar-refractivity contribution in [3.05, 3.63) is 47.3 Å². The topological polar surface area (TPSA) is 64.4 Å². The van der Waals surface area contributed by atoms with E-state index in [-0.39, 0.29) is 12.3 Å². The highest BCUT2D eigenvalue weighted by molar-refractivity contribution is 5.78. The first-order valence-corrected chi connectivity index (χ1v) is 8.63. The molecule has 1 aromatic heterocycles. The quantitative estimate of drug-likeness (QED) is 0.880. The number of nitrogens with zero attached hydrogens (tertiary/aromatic N) is 1. The molecule has 1 aliphatic rings. The molecular weight excluding hydrogens is 304 g/mol. The Morgan fingerprint density at radius 2 is 2.00 bits per heavy atom. The van der Waals surface area contributed by atoms with Gasteiger partial charge in [-0.1, -0.05) is 23.7 Å². The molecule has 128 valence electrons. The van der Waals surface area contributed by atoms with E-state index in [1.54, 1.807) is 6.07 Å². The van der Waals surface area contributed by atoms with Crippen molar-refractivity contribution in [1.82, 2.24) is 10.5 Å². The molecule has 5 nitrogen and oxygen atoms in total. The third-order valence-corrected chi connectivity index (χ3v) is 4.29. The van der Waals surface area contributed by atoms with Crippen molar-refractivity contribution in [2.45, 2.75) is 58.1 Å². The van der Waals surface area contributed by atoms with E-state index in [9.17, 15) is 4.79 Å². The Labute approximate surface area is 142 Å². The van der Waals surface area contributed by atoms with Gasteiger partial charge in [-0.2, -0.15) is 0 Å². The number of rotatable bonds is 6. The lowest BCUT2D eigenvalue weighted by Crippen LogP contribution is -2.24. The molecule has 1 heterocycles. The Balaban J connectivity index is 1.44. The van der Waals surface area contributed by atoms with Crippen molar-refractivity contribution in [3.8, 4) is 5.75 Å². The first kappa shape index (κ1) is 16.6. The van der Waals surface area contributed by atoms with Crippen LogP contribution in [0.1, 0.15) is 49.1 Å². The van der Waals surface area contributed by atoms with E-state index in [0.29, 0.717) is 24.1 Å². The monoisotopic (exact) mass is 328 g/mol. The standard InChI is InChI=1S/C19H24N2O3/c1-14-11-16(21-24-14)12-19(22)20-13-15-7-9-18(10-8-15)23-17-5-3-2-4-6-17/h7-11,17H,2-6,12-13H2,1H3,(H,20,22). The van der Waals surface area contributed by atoms with Crippen LogP contribution in [0.4, 0.5) is 0 Å². The van der Waals surface area contributed by atoms with Crippen LogP contribution < -0.4 is 10.1 Å². The van der Waals surface area contributed by atoms with Gasteiger partial charge in [0, 0.05) is 12.6 Å². The van der Waals surface area contributed by atoms with Crippen LogP contribution >= 0.6 is 0 Å². The molecule has 3 rings (SSSR count). The van der Waals surface area contributed by atoms with Gasteiger partial charge in [0.25, 0.3) is 0 Å². The van der Waals surface area contributed by atoms with Gasteiger partial charge in [0.1, 0.15) is 11.5 Å². The fraction of sp³-hybridized carbons (Fsp3) is 0.474. The van der Waals surface area contributed by atoms with Gasteiger partial charge in [0.15, 0.2) is 0 Å². The molecular formula is C19H24N2O3. The van der Waals surface area contributed by atoms with Crippen molar-refractivity contribution >= 4 is 5.91 Å². The van der Waals surface area contributed by atoms with Gasteiger partial charge in [0.2, 0.25) is 5.91 Å². The Hall–Kier alpha value is -2.30. The lowest BCUT2D eigenvalue weighted by molar-refractivity contribution is -0.120. The Morgan fingerprint density at radius 3 is 2.67 bits per heavy atom. The van der Waals surface area contributed by atoms with Crippen LogP contribution in [0.2, 0.25) is 0 Å². The van der Waals surface area contributed by atoms with Crippen LogP contribution in [-0.2, 0) is 17.8 Å². The summed E-state index contributed by atoms with van der Waals surface area (Å²) >= 11 is 0. The maximum Gasteiger partial charge on any atom is 0.226 e. The summed E-state index contributed by atoms with van der Waals surface area (Å²) in [5.41, 5.74) is 1.71. The molecule has 1 aliphatic carbocycles. The van der Waals surface area contributed by atoms with Gasteiger partial charge >= 0.3 is 0 Å². The molecule has 5 heteroatoms. The Kier molecular flexibility index (Phi) is 5.51. The van der Waals surface area contributed by atoms with Crippen LogP contribution in [0, 0.1) is 6.92 Å². The number of hydrogen-bond acceptors (Lipinski definition) is 4. The highest BCUT2D eigenvalue weighted by atomic mass is 16.5. The smallest absolute Gasteiger partial charge is 0.226 e. The lowest BCUT2D eigenvalue weighted by atomic mass is 9.98. The van der Waals surface area contributed by atoms with Crippen molar-refractivity contribution in [1.29, 1.82) is 0 Å². The average molecular weight is 328 g/mol. The fourth-order valence-electron chi connectivity index (χ4n) is 2.99. The van der Waals surface area contributed by atoms with Crippen LogP contribution in [-0.4, -0.2) is 17.2 Å². The molecule has 1 aromatic carbocycles.